The van der Waals surface area contributed by atoms with Gasteiger partial charge in [0.15, 0.2) is 0 Å². The number of furan rings is 1. The third-order valence-corrected chi connectivity index (χ3v) is 2.59. The Morgan fingerprint density at radius 1 is 1.35 bits per heavy atom. The van der Waals surface area contributed by atoms with Crippen LogP contribution in [0.3, 0.4) is 0 Å². The first-order valence-electron chi connectivity index (χ1n) is 5.72. The Morgan fingerprint density at radius 2 is 2.18 bits per heavy atom. The van der Waals surface area contributed by atoms with Crippen molar-refractivity contribution in [2.75, 3.05) is 18.9 Å². The lowest BCUT2D eigenvalue weighted by Crippen LogP contribution is -2.14. The van der Waals surface area contributed by atoms with Crippen LogP contribution in [-0.2, 0) is 4.79 Å². The van der Waals surface area contributed by atoms with Crippen molar-refractivity contribution in [3.8, 4) is 0 Å². The Hall–Kier alpha value is -1.81. The standard InChI is InChI=1S/C13H16N2O2/c1-14-8-4-7-13(16)15-11-9-17-12-6-3-2-5-10(11)12/h2-3,5-6,9,14H,4,7-8H2,1H3,(H,15,16). The lowest BCUT2D eigenvalue weighted by atomic mass is 10.2. The Labute approximate surface area is 100.0 Å². The van der Waals surface area contributed by atoms with Gasteiger partial charge in [-0.2, -0.15) is 0 Å². The molecule has 17 heavy (non-hydrogen) atoms. The molecule has 0 unspecified atom stereocenters. The summed E-state index contributed by atoms with van der Waals surface area (Å²) in [5.74, 6) is 0.0202. The van der Waals surface area contributed by atoms with Crippen molar-refractivity contribution in [2.45, 2.75) is 12.8 Å². The largest absolute Gasteiger partial charge is 0.462 e. The second-order valence-corrected chi connectivity index (χ2v) is 3.90. The van der Waals surface area contributed by atoms with Crippen LogP contribution in [0.2, 0.25) is 0 Å². The Kier molecular flexibility index (Phi) is 3.77. The minimum absolute atomic E-state index is 0.0202. The van der Waals surface area contributed by atoms with Gasteiger partial charge in [-0.25, -0.2) is 0 Å². The van der Waals surface area contributed by atoms with Crippen LogP contribution in [0.1, 0.15) is 12.8 Å². The fourth-order valence-corrected chi connectivity index (χ4v) is 1.71. The molecule has 1 aromatic heterocycles. The predicted molar refractivity (Wildman–Crippen MR) is 68.0 cm³/mol. The zero-order valence-electron chi connectivity index (χ0n) is 9.82. The number of anilines is 1. The second-order valence-electron chi connectivity index (χ2n) is 3.90. The Balaban J connectivity index is 2.01. The zero-order valence-corrected chi connectivity index (χ0v) is 9.82. The summed E-state index contributed by atoms with van der Waals surface area (Å²) < 4.78 is 5.35. The highest BCUT2D eigenvalue weighted by molar-refractivity contribution is 6.00. The van der Waals surface area contributed by atoms with Crippen LogP contribution in [0.5, 0.6) is 0 Å². The molecule has 0 fully saturated rings. The van der Waals surface area contributed by atoms with E-state index in [1.807, 2.05) is 31.3 Å². The highest BCUT2D eigenvalue weighted by atomic mass is 16.3. The topological polar surface area (TPSA) is 54.3 Å². The van der Waals surface area contributed by atoms with Gasteiger partial charge in [0, 0.05) is 11.8 Å². The van der Waals surface area contributed by atoms with Gasteiger partial charge in [0.1, 0.15) is 11.8 Å². The smallest absolute Gasteiger partial charge is 0.224 e. The lowest BCUT2D eigenvalue weighted by molar-refractivity contribution is -0.116. The molecule has 0 saturated heterocycles. The van der Waals surface area contributed by atoms with Gasteiger partial charge >= 0.3 is 0 Å². The number of rotatable bonds is 5. The van der Waals surface area contributed by atoms with Crippen molar-refractivity contribution < 1.29 is 9.21 Å². The van der Waals surface area contributed by atoms with E-state index in [9.17, 15) is 4.79 Å². The summed E-state index contributed by atoms with van der Waals surface area (Å²) >= 11 is 0. The molecule has 1 heterocycles. The molecule has 2 N–H and O–H groups in total. The molecule has 0 aliphatic heterocycles. The Morgan fingerprint density at radius 3 is 3.00 bits per heavy atom. The van der Waals surface area contributed by atoms with Crippen molar-refractivity contribution in [3.05, 3.63) is 30.5 Å². The summed E-state index contributed by atoms with van der Waals surface area (Å²) in [7, 11) is 1.88. The molecule has 0 aliphatic carbocycles. The van der Waals surface area contributed by atoms with Crippen LogP contribution in [0.4, 0.5) is 5.69 Å². The van der Waals surface area contributed by atoms with Gasteiger partial charge in [-0.15, -0.1) is 0 Å². The lowest BCUT2D eigenvalue weighted by Gasteiger charge is -2.02. The third kappa shape index (κ3) is 2.85. The van der Waals surface area contributed by atoms with E-state index in [1.165, 1.54) is 0 Å². The average Bonchev–Trinajstić information content (AvgIpc) is 2.73. The molecule has 1 amide bonds. The second kappa shape index (κ2) is 5.50. The van der Waals surface area contributed by atoms with Gasteiger partial charge in [0.2, 0.25) is 5.91 Å². The number of hydrogen-bond acceptors (Lipinski definition) is 3. The fraction of sp³-hybridized carbons (Fsp3) is 0.308. The van der Waals surface area contributed by atoms with Crippen molar-refractivity contribution in [3.63, 3.8) is 0 Å². The van der Waals surface area contributed by atoms with Crippen LogP contribution in [0, 0.1) is 0 Å². The van der Waals surface area contributed by atoms with Crippen molar-refractivity contribution in [2.24, 2.45) is 0 Å². The van der Waals surface area contributed by atoms with Crippen molar-refractivity contribution >= 4 is 22.6 Å². The van der Waals surface area contributed by atoms with E-state index < -0.39 is 0 Å². The Bertz CT molecular complexity index is 505. The van der Waals surface area contributed by atoms with Crippen molar-refractivity contribution in [1.82, 2.24) is 5.32 Å². The number of carbonyl (C=O) groups is 1. The highest BCUT2D eigenvalue weighted by Crippen LogP contribution is 2.25. The number of amides is 1. The third-order valence-electron chi connectivity index (χ3n) is 2.59. The van der Waals surface area contributed by atoms with Gasteiger partial charge in [-0.05, 0) is 32.1 Å². The molecule has 90 valence electrons. The molecule has 4 nitrogen and oxygen atoms in total. The molecule has 2 aromatic rings. The molecule has 0 bridgehead atoms. The van der Waals surface area contributed by atoms with E-state index in [2.05, 4.69) is 10.6 Å². The van der Waals surface area contributed by atoms with Gasteiger partial charge in [-0.1, -0.05) is 12.1 Å². The summed E-state index contributed by atoms with van der Waals surface area (Å²) in [4.78, 5) is 11.6. The SMILES string of the molecule is CNCCCC(=O)Nc1coc2ccccc12. The number of fused-ring (bicyclic) bond motifs is 1. The van der Waals surface area contributed by atoms with Crippen LogP contribution >= 0.6 is 0 Å². The normalized spacial score (nSPS) is 10.6. The molecule has 4 heteroatoms. The van der Waals surface area contributed by atoms with E-state index in [1.54, 1.807) is 6.26 Å². The average molecular weight is 232 g/mol. The molecule has 2 rings (SSSR count). The number of hydrogen-bond donors (Lipinski definition) is 2. The van der Waals surface area contributed by atoms with Crippen LogP contribution in [0.25, 0.3) is 11.0 Å². The summed E-state index contributed by atoms with van der Waals surface area (Å²) in [6.07, 6.45) is 2.93. The maximum Gasteiger partial charge on any atom is 0.224 e. The number of carbonyl (C=O) groups excluding carboxylic acids is 1. The minimum atomic E-state index is 0.0202. The molecule has 1 aromatic carbocycles. The van der Waals surface area contributed by atoms with Crippen LogP contribution in [0.15, 0.2) is 34.9 Å². The molecule has 0 atom stereocenters. The quantitative estimate of drug-likeness (QED) is 0.778. The summed E-state index contributed by atoms with van der Waals surface area (Å²) in [6.45, 7) is 0.847. The molecule has 0 spiro atoms. The maximum atomic E-state index is 11.6. The first-order chi connectivity index (χ1) is 8.31. The van der Waals surface area contributed by atoms with E-state index in [0.29, 0.717) is 6.42 Å². The summed E-state index contributed by atoms with van der Waals surface area (Å²) in [6, 6.07) is 7.65. The molecular weight excluding hydrogens is 216 g/mol. The van der Waals surface area contributed by atoms with Gasteiger partial charge in [0.05, 0.1) is 5.69 Å². The highest BCUT2D eigenvalue weighted by Gasteiger charge is 2.08. The first-order valence-corrected chi connectivity index (χ1v) is 5.72. The van der Waals surface area contributed by atoms with E-state index in [0.717, 1.165) is 29.6 Å². The van der Waals surface area contributed by atoms with E-state index >= 15 is 0 Å². The van der Waals surface area contributed by atoms with Crippen LogP contribution < -0.4 is 10.6 Å². The maximum absolute atomic E-state index is 11.6. The molecular formula is C13H16N2O2. The van der Waals surface area contributed by atoms with E-state index in [4.69, 9.17) is 4.42 Å². The van der Waals surface area contributed by atoms with E-state index in [-0.39, 0.29) is 5.91 Å². The number of benzene rings is 1. The van der Waals surface area contributed by atoms with Gasteiger partial charge in [-0.3, -0.25) is 4.79 Å². The van der Waals surface area contributed by atoms with Gasteiger partial charge in [0.25, 0.3) is 0 Å². The monoisotopic (exact) mass is 232 g/mol. The minimum Gasteiger partial charge on any atom is -0.462 e. The molecule has 0 radical (unpaired) electrons. The molecule has 0 aliphatic rings. The zero-order chi connectivity index (χ0) is 12.1. The molecule has 0 saturated carbocycles. The number of para-hydroxylation sites is 1. The fourth-order valence-electron chi connectivity index (χ4n) is 1.71. The predicted octanol–water partition coefficient (Wildman–Crippen LogP) is 2.37. The summed E-state index contributed by atoms with van der Waals surface area (Å²) in [5, 5.41) is 6.82. The summed E-state index contributed by atoms with van der Waals surface area (Å²) in [5.41, 5.74) is 1.54. The van der Waals surface area contributed by atoms with Gasteiger partial charge < -0.3 is 15.1 Å². The first kappa shape index (κ1) is 11.7. The van der Waals surface area contributed by atoms with Crippen molar-refractivity contribution in [1.29, 1.82) is 0 Å². The number of nitrogens with one attached hydrogen (secondary N) is 2. The van der Waals surface area contributed by atoms with Crippen LogP contribution in [-0.4, -0.2) is 19.5 Å².